The van der Waals surface area contributed by atoms with Gasteiger partial charge >= 0.3 is 0 Å². The average molecular weight is 387 g/mol. The first-order chi connectivity index (χ1) is 13.8. The molecule has 0 aliphatic carbocycles. The van der Waals surface area contributed by atoms with Gasteiger partial charge in [0.15, 0.2) is 0 Å². The molecule has 1 aromatic carbocycles. The molecule has 0 saturated heterocycles. The molecule has 0 amide bonds. The molecular weight excluding hydrogens is 336 g/mol. The largest absolute Gasteiger partial charge is 0.0654 e. The van der Waals surface area contributed by atoms with Crippen LogP contribution in [0.15, 0.2) is 18.2 Å². The van der Waals surface area contributed by atoms with E-state index in [1.165, 1.54) is 122 Å². The minimum atomic E-state index is 1.30. The molecule has 1 rings (SSSR count). The fraction of sp³-hybridized carbons (Fsp3) is 0.786. The van der Waals surface area contributed by atoms with Gasteiger partial charge in [-0.2, -0.15) is 0 Å². The van der Waals surface area contributed by atoms with Gasteiger partial charge in [0.2, 0.25) is 0 Å². The van der Waals surface area contributed by atoms with E-state index < -0.39 is 0 Å². The summed E-state index contributed by atoms with van der Waals surface area (Å²) in [6, 6.07) is 7.21. The van der Waals surface area contributed by atoms with Crippen molar-refractivity contribution in [3.63, 3.8) is 0 Å². The zero-order valence-electron chi connectivity index (χ0n) is 19.7. The Morgan fingerprint density at radius 3 is 1.25 bits per heavy atom. The third kappa shape index (κ3) is 11.9. The molecule has 0 nitrogen and oxygen atoms in total. The van der Waals surface area contributed by atoms with E-state index >= 15 is 0 Å². The number of rotatable bonds is 19. The molecule has 0 N–H and O–H groups in total. The highest BCUT2D eigenvalue weighted by Gasteiger charge is 2.08. The lowest BCUT2D eigenvalue weighted by atomic mass is 9.90. The van der Waals surface area contributed by atoms with E-state index in [0.717, 1.165) is 0 Å². The maximum absolute atomic E-state index is 2.44. The molecule has 0 aliphatic rings. The second-order valence-electron chi connectivity index (χ2n) is 8.90. The van der Waals surface area contributed by atoms with Crippen molar-refractivity contribution in [1.82, 2.24) is 0 Å². The minimum Gasteiger partial charge on any atom is -0.0654 e. The second-order valence-corrected chi connectivity index (χ2v) is 8.90. The Morgan fingerprint density at radius 2 is 0.786 bits per heavy atom. The predicted molar refractivity (Wildman–Crippen MR) is 128 cm³/mol. The van der Waals surface area contributed by atoms with Gasteiger partial charge < -0.3 is 0 Å². The van der Waals surface area contributed by atoms with Crippen LogP contribution in [-0.2, 0) is 19.3 Å². The number of hydrogen-bond donors (Lipinski definition) is 0. The Labute approximate surface area is 177 Å². The summed E-state index contributed by atoms with van der Waals surface area (Å²) in [6.45, 7) is 6.93. The molecule has 0 atom stereocenters. The van der Waals surface area contributed by atoms with Crippen LogP contribution < -0.4 is 0 Å². The van der Waals surface area contributed by atoms with Crippen molar-refractivity contribution in [1.29, 1.82) is 0 Å². The molecule has 0 bridgehead atoms. The summed E-state index contributed by atoms with van der Waals surface area (Å²) >= 11 is 0. The fourth-order valence-electron chi connectivity index (χ4n) is 4.40. The first kappa shape index (κ1) is 25.3. The Balaban J connectivity index is 2.55. The van der Waals surface area contributed by atoms with Gasteiger partial charge in [0.25, 0.3) is 0 Å². The van der Waals surface area contributed by atoms with Crippen LogP contribution in [0.25, 0.3) is 0 Å². The SMILES string of the molecule is CCCCCCCCCc1cccc(CCCCCC)c1CCCCCCC. The summed E-state index contributed by atoms with van der Waals surface area (Å²) in [7, 11) is 0. The maximum Gasteiger partial charge on any atom is -0.0273 e. The van der Waals surface area contributed by atoms with Gasteiger partial charge in [0.1, 0.15) is 0 Å². The van der Waals surface area contributed by atoms with Crippen molar-refractivity contribution in [3.8, 4) is 0 Å². The van der Waals surface area contributed by atoms with Crippen LogP contribution in [0.1, 0.15) is 140 Å². The average Bonchev–Trinajstić information content (AvgIpc) is 2.71. The topological polar surface area (TPSA) is 0 Å². The number of benzene rings is 1. The van der Waals surface area contributed by atoms with Gasteiger partial charge in [-0.15, -0.1) is 0 Å². The van der Waals surface area contributed by atoms with Crippen LogP contribution in [-0.4, -0.2) is 0 Å². The fourth-order valence-corrected chi connectivity index (χ4v) is 4.40. The van der Waals surface area contributed by atoms with Crippen molar-refractivity contribution < 1.29 is 0 Å². The highest BCUT2D eigenvalue weighted by Crippen LogP contribution is 2.23. The molecule has 1 aromatic rings. The normalized spacial score (nSPS) is 11.2. The standard InChI is InChI=1S/C28H50/c1-4-7-10-13-14-16-18-22-27-24-20-23-26(21-17-12-9-6-3)28(27)25-19-15-11-8-5-2/h20,23-24H,4-19,21-22,25H2,1-3H3. The van der Waals surface area contributed by atoms with Gasteiger partial charge in [-0.3, -0.25) is 0 Å². The van der Waals surface area contributed by atoms with Crippen molar-refractivity contribution in [2.45, 2.75) is 143 Å². The van der Waals surface area contributed by atoms with E-state index in [1.54, 1.807) is 16.7 Å². The molecule has 0 unspecified atom stereocenters. The molecule has 0 heteroatoms. The molecule has 28 heavy (non-hydrogen) atoms. The van der Waals surface area contributed by atoms with E-state index in [9.17, 15) is 0 Å². The van der Waals surface area contributed by atoms with Crippen LogP contribution >= 0.6 is 0 Å². The lowest BCUT2D eigenvalue weighted by Gasteiger charge is -2.16. The third-order valence-electron chi connectivity index (χ3n) is 6.25. The molecule has 0 saturated carbocycles. The van der Waals surface area contributed by atoms with E-state index in [0.29, 0.717) is 0 Å². The summed E-state index contributed by atoms with van der Waals surface area (Å²) in [5.41, 5.74) is 5.09. The molecule has 0 spiro atoms. The van der Waals surface area contributed by atoms with E-state index in [2.05, 4.69) is 39.0 Å². The monoisotopic (exact) mass is 386 g/mol. The molecule has 0 fully saturated rings. The van der Waals surface area contributed by atoms with Gasteiger partial charge in [0.05, 0.1) is 0 Å². The molecule has 0 heterocycles. The molecule has 0 aliphatic heterocycles. The zero-order valence-corrected chi connectivity index (χ0v) is 19.7. The number of hydrogen-bond acceptors (Lipinski definition) is 0. The van der Waals surface area contributed by atoms with Crippen molar-refractivity contribution in [2.75, 3.05) is 0 Å². The maximum atomic E-state index is 2.44. The first-order valence-corrected chi connectivity index (χ1v) is 12.9. The van der Waals surface area contributed by atoms with E-state index in [4.69, 9.17) is 0 Å². The summed E-state index contributed by atoms with van der Waals surface area (Å²) in [4.78, 5) is 0. The summed E-state index contributed by atoms with van der Waals surface area (Å²) < 4.78 is 0. The Kier molecular flexibility index (Phi) is 16.5. The van der Waals surface area contributed by atoms with Crippen molar-refractivity contribution in [3.05, 3.63) is 34.9 Å². The lowest BCUT2D eigenvalue weighted by Crippen LogP contribution is -2.02. The zero-order chi connectivity index (χ0) is 20.3. The molecule has 0 aromatic heterocycles. The molecular formula is C28H50. The van der Waals surface area contributed by atoms with Crippen LogP contribution in [0.2, 0.25) is 0 Å². The van der Waals surface area contributed by atoms with Gasteiger partial charge in [0, 0.05) is 0 Å². The third-order valence-corrected chi connectivity index (χ3v) is 6.25. The summed E-state index contributed by atoms with van der Waals surface area (Å²) in [5, 5.41) is 0. The summed E-state index contributed by atoms with van der Waals surface area (Å²) in [6.07, 6.45) is 26.3. The Bertz CT molecular complexity index is 459. The molecule has 0 radical (unpaired) electrons. The van der Waals surface area contributed by atoms with Crippen LogP contribution in [0.3, 0.4) is 0 Å². The summed E-state index contributed by atoms with van der Waals surface area (Å²) in [5.74, 6) is 0. The Morgan fingerprint density at radius 1 is 0.429 bits per heavy atom. The highest BCUT2D eigenvalue weighted by atomic mass is 14.1. The smallest absolute Gasteiger partial charge is 0.0273 e. The Hall–Kier alpha value is -0.780. The van der Waals surface area contributed by atoms with E-state index in [1.807, 2.05) is 0 Å². The second kappa shape index (κ2) is 18.3. The predicted octanol–water partition coefficient (Wildman–Crippen LogP) is 9.62. The van der Waals surface area contributed by atoms with Crippen molar-refractivity contribution >= 4 is 0 Å². The van der Waals surface area contributed by atoms with Gasteiger partial charge in [-0.25, -0.2) is 0 Å². The first-order valence-electron chi connectivity index (χ1n) is 12.9. The molecule has 162 valence electrons. The van der Waals surface area contributed by atoms with Gasteiger partial charge in [-0.1, -0.05) is 122 Å². The number of aryl methyl sites for hydroxylation is 2. The van der Waals surface area contributed by atoms with Gasteiger partial charge in [-0.05, 0) is 55.2 Å². The van der Waals surface area contributed by atoms with Crippen molar-refractivity contribution in [2.24, 2.45) is 0 Å². The van der Waals surface area contributed by atoms with Crippen LogP contribution in [0, 0.1) is 0 Å². The minimum absolute atomic E-state index is 1.30. The number of unbranched alkanes of at least 4 members (excludes halogenated alkanes) is 13. The van der Waals surface area contributed by atoms with E-state index in [-0.39, 0.29) is 0 Å². The highest BCUT2D eigenvalue weighted by molar-refractivity contribution is 5.36. The van der Waals surface area contributed by atoms with Crippen LogP contribution in [0.4, 0.5) is 0 Å². The lowest BCUT2D eigenvalue weighted by molar-refractivity contribution is 0.587. The van der Waals surface area contributed by atoms with Crippen LogP contribution in [0.5, 0.6) is 0 Å². The quantitative estimate of drug-likeness (QED) is 0.208.